The van der Waals surface area contributed by atoms with Gasteiger partial charge in [-0.3, -0.25) is 5.84 Å². The molecule has 4 heteroatoms. The van der Waals surface area contributed by atoms with Crippen LogP contribution in [0.4, 0.5) is 0 Å². The second-order valence-electron chi connectivity index (χ2n) is 1.06. The minimum absolute atomic E-state index is 0.446. The monoisotopic (exact) mass is 130 g/mol. The molecule has 0 aromatic heterocycles. The van der Waals surface area contributed by atoms with Gasteiger partial charge in [-0.05, 0) is 12.2 Å². The van der Waals surface area contributed by atoms with Crippen LogP contribution in [-0.4, -0.2) is 11.7 Å². The van der Waals surface area contributed by atoms with Crippen LogP contribution in [0.1, 0.15) is 0 Å². The highest BCUT2D eigenvalue weighted by Gasteiger charge is 1.85. The maximum Gasteiger partial charge on any atom is 0.214 e. The third-order valence-electron chi connectivity index (χ3n) is 0.512. The highest BCUT2D eigenvalue weighted by Crippen LogP contribution is 1.56. The van der Waals surface area contributed by atoms with Gasteiger partial charge in [0.05, 0.1) is 6.54 Å². The normalized spacial score (nSPS) is 7.00. The Kier molecular flexibility index (Phi) is 3.94. The van der Waals surface area contributed by atoms with E-state index in [1.54, 1.807) is 0 Å². The summed E-state index contributed by atoms with van der Waals surface area (Å²) >= 11 is 4.64. The van der Waals surface area contributed by atoms with Gasteiger partial charge in [-0.15, -0.1) is 6.42 Å². The van der Waals surface area contributed by atoms with Crippen molar-refractivity contribution in [1.29, 1.82) is 0 Å². The van der Waals surface area contributed by atoms with E-state index in [-0.39, 0.29) is 0 Å². The van der Waals surface area contributed by atoms with Crippen LogP contribution in [0.3, 0.4) is 0 Å². The highest BCUT2D eigenvalue weighted by molar-refractivity contribution is 7.80. The molecule has 0 saturated carbocycles. The molecule has 0 aliphatic rings. The molecule has 0 spiro atoms. The molecule has 0 heterocycles. The summed E-state index contributed by atoms with van der Waals surface area (Å²) in [6.07, 6.45) is 4.91. The Morgan fingerprint density at radius 1 is 1.88 bits per heavy atom. The van der Waals surface area contributed by atoms with Gasteiger partial charge in [0.25, 0.3) is 0 Å². The molecule has 0 radical (unpaired) electrons. The zero-order valence-corrected chi connectivity index (χ0v) is 5.22. The summed E-state index contributed by atoms with van der Waals surface area (Å²) < 4.78 is 0. The third-order valence-corrected chi connectivity index (χ3v) is 0.800. The Hall–Kier alpha value is -0.790. The van der Waals surface area contributed by atoms with Gasteiger partial charge in [-0.2, -0.15) is 0 Å². The molecule has 8 heavy (non-hydrogen) atoms. The van der Waals surface area contributed by atoms with Gasteiger partial charge >= 0.3 is 0 Å². The molecule has 0 bridgehead atoms. The van der Waals surface area contributed by atoms with Crippen LogP contribution >= 0.6 is 12.2 Å². The van der Waals surface area contributed by atoms with Crippen LogP contribution < -0.4 is 16.6 Å². The molecule has 0 rings (SSSR count). The predicted molar refractivity (Wildman–Crippen MR) is 35.5 cm³/mol. The number of hydrogen-bond donors (Lipinski definition) is 3. The first-order valence-corrected chi connectivity index (χ1v) is 2.46. The fourth-order valence-electron chi connectivity index (χ4n) is 0.194. The predicted octanol–water partition coefficient (Wildman–Crippen LogP) is -1.76. The van der Waals surface area contributed by atoms with Crippen molar-refractivity contribution in [2.75, 3.05) is 6.54 Å². The van der Waals surface area contributed by atoms with Crippen LogP contribution in [0.15, 0.2) is 0 Å². The first kappa shape index (κ1) is 7.21. The van der Waals surface area contributed by atoms with Crippen molar-refractivity contribution in [3.8, 4) is 12.3 Å². The Morgan fingerprint density at radius 3 is 2.88 bits per heavy atom. The molecule has 0 aliphatic heterocycles. The van der Waals surface area contributed by atoms with E-state index in [0.717, 1.165) is 0 Å². The summed E-state index contributed by atoms with van der Waals surface area (Å²) in [4.78, 5) is 0. The van der Waals surface area contributed by atoms with Crippen LogP contribution in [0, 0.1) is 12.3 Å². The number of nitrogens with one attached hydrogen (secondary N) is 2. The number of quaternary nitrogens is 1. The van der Waals surface area contributed by atoms with Gasteiger partial charge in [0.15, 0.2) is 0 Å². The van der Waals surface area contributed by atoms with E-state index < -0.39 is 0 Å². The standard InChI is InChI=1S/C4H7N3S/c1-2-3-6-4(8)7-5/h1H,3,5H2,(H2,6,7,8)/p+1. The van der Waals surface area contributed by atoms with E-state index in [1.165, 1.54) is 0 Å². The van der Waals surface area contributed by atoms with Gasteiger partial charge in [-0.1, -0.05) is 5.92 Å². The third kappa shape index (κ3) is 3.40. The van der Waals surface area contributed by atoms with Gasteiger partial charge in [0.1, 0.15) is 0 Å². The lowest BCUT2D eigenvalue weighted by Gasteiger charge is -1.97. The van der Waals surface area contributed by atoms with Crippen LogP contribution in [0.5, 0.6) is 0 Å². The molecule has 44 valence electrons. The lowest BCUT2D eigenvalue weighted by molar-refractivity contribution is -0.419. The first-order valence-electron chi connectivity index (χ1n) is 2.05. The molecular weight excluding hydrogens is 122 g/mol. The molecule has 5 N–H and O–H groups in total. The average molecular weight is 130 g/mol. The number of thiocarbonyl (C=S) groups is 1. The molecule has 0 amide bonds. The molecule has 0 saturated heterocycles. The van der Waals surface area contributed by atoms with E-state index in [1.807, 2.05) is 0 Å². The summed E-state index contributed by atoms with van der Waals surface area (Å²) in [5.41, 5.74) is 2.47. The Morgan fingerprint density at radius 2 is 2.50 bits per heavy atom. The topological polar surface area (TPSA) is 51.7 Å². The quantitative estimate of drug-likeness (QED) is 0.224. The van der Waals surface area contributed by atoms with E-state index in [0.29, 0.717) is 11.7 Å². The second-order valence-corrected chi connectivity index (χ2v) is 1.47. The zero-order chi connectivity index (χ0) is 6.41. The number of terminal acetylenes is 1. The maximum absolute atomic E-state index is 4.91. The van der Waals surface area contributed by atoms with Crippen LogP contribution in [0.25, 0.3) is 0 Å². The molecule has 0 aromatic rings. The number of rotatable bonds is 1. The molecular formula is C4H8N3S+. The fraction of sp³-hybridized carbons (Fsp3) is 0.250. The Labute approximate surface area is 53.6 Å². The van der Waals surface area contributed by atoms with E-state index >= 15 is 0 Å². The first-order chi connectivity index (χ1) is 3.81. The molecule has 0 atom stereocenters. The van der Waals surface area contributed by atoms with E-state index in [2.05, 4.69) is 34.7 Å². The summed E-state index contributed by atoms with van der Waals surface area (Å²) in [6, 6.07) is 0. The van der Waals surface area contributed by atoms with Crippen molar-refractivity contribution in [3.05, 3.63) is 0 Å². The number of hydrogen-bond acceptors (Lipinski definition) is 1. The van der Waals surface area contributed by atoms with E-state index in [4.69, 9.17) is 6.42 Å². The average Bonchev–Trinajstić information content (AvgIpc) is 1.83. The van der Waals surface area contributed by atoms with Crippen molar-refractivity contribution in [3.63, 3.8) is 0 Å². The fourth-order valence-corrected chi connectivity index (χ4v) is 0.266. The summed E-state index contributed by atoms with van der Waals surface area (Å²) in [7, 11) is 0. The minimum Gasteiger partial charge on any atom is -0.348 e. The second kappa shape index (κ2) is 4.37. The zero-order valence-electron chi connectivity index (χ0n) is 4.40. The molecule has 0 fully saturated rings. The van der Waals surface area contributed by atoms with Gasteiger partial charge in [0, 0.05) is 0 Å². The molecule has 0 aromatic carbocycles. The maximum atomic E-state index is 4.91. The van der Waals surface area contributed by atoms with E-state index in [9.17, 15) is 0 Å². The van der Waals surface area contributed by atoms with Gasteiger partial charge in [0.2, 0.25) is 5.11 Å². The SMILES string of the molecule is C#CCNC(=S)N[NH3+]. The van der Waals surface area contributed by atoms with Gasteiger partial charge < -0.3 is 5.32 Å². The van der Waals surface area contributed by atoms with Crippen LogP contribution in [-0.2, 0) is 0 Å². The van der Waals surface area contributed by atoms with Crippen LogP contribution in [0.2, 0.25) is 0 Å². The van der Waals surface area contributed by atoms with Crippen molar-refractivity contribution in [2.45, 2.75) is 0 Å². The largest absolute Gasteiger partial charge is 0.348 e. The summed E-state index contributed by atoms with van der Waals surface area (Å²) in [5.74, 6) is 5.68. The van der Waals surface area contributed by atoms with Gasteiger partial charge in [-0.25, -0.2) is 5.43 Å². The minimum atomic E-state index is 0.446. The van der Waals surface area contributed by atoms with Crippen molar-refractivity contribution >= 4 is 17.3 Å². The molecule has 0 unspecified atom stereocenters. The van der Waals surface area contributed by atoms with Crippen molar-refractivity contribution in [1.82, 2.24) is 10.7 Å². The van der Waals surface area contributed by atoms with Crippen molar-refractivity contribution in [2.24, 2.45) is 0 Å². The Bertz CT molecular complexity index is 115. The highest BCUT2D eigenvalue weighted by atomic mass is 32.1. The smallest absolute Gasteiger partial charge is 0.214 e. The summed E-state index contributed by atoms with van der Waals surface area (Å²) in [6.45, 7) is 0.446. The summed E-state index contributed by atoms with van der Waals surface area (Å²) in [5, 5.41) is 3.18. The lowest BCUT2D eigenvalue weighted by Crippen LogP contribution is -2.69. The van der Waals surface area contributed by atoms with Crippen molar-refractivity contribution < 1.29 is 5.84 Å². The Balaban J connectivity index is 3.15. The molecule has 3 nitrogen and oxygen atoms in total. The lowest BCUT2D eigenvalue weighted by atomic mass is 10.7. The molecule has 0 aliphatic carbocycles.